The summed E-state index contributed by atoms with van der Waals surface area (Å²) in [6, 6.07) is 0. The van der Waals surface area contributed by atoms with Crippen LogP contribution in [0.25, 0.3) is 0 Å². The van der Waals surface area contributed by atoms with Crippen LogP contribution in [0.1, 0.15) is 67.2 Å². The Hall–Kier alpha value is -2.18. The molecule has 4 aliphatic carbocycles. The van der Waals surface area contributed by atoms with Gasteiger partial charge in [0.1, 0.15) is 0 Å². The first kappa shape index (κ1) is 42.0. The monoisotopic (exact) mass is 763 g/mol. The van der Waals surface area contributed by atoms with Crippen LogP contribution in [0.2, 0.25) is 0 Å². The van der Waals surface area contributed by atoms with Gasteiger partial charge in [-0.3, -0.25) is 9.59 Å². The molecule has 275 valence electrons. The van der Waals surface area contributed by atoms with Gasteiger partial charge in [0.25, 0.3) is 0 Å². The Morgan fingerprint density at radius 2 is 0.792 bits per heavy atom. The van der Waals surface area contributed by atoms with Crippen molar-refractivity contribution in [2.24, 2.45) is 33.5 Å². The van der Waals surface area contributed by atoms with Crippen molar-refractivity contribution in [2.45, 2.75) is 103 Å². The number of alkyl halides is 14. The van der Waals surface area contributed by atoms with E-state index in [1.807, 2.05) is 0 Å². The summed E-state index contributed by atoms with van der Waals surface area (Å²) in [6.45, 7) is 9.06. The van der Waals surface area contributed by atoms with Gasteiger partial charge in [-0.1, -0.05) is 41.5 Å². The van der Waals surface area contributed by atoms with Gasteiger partial charge in [-0.15, -0.1) is 0 Å². The van der Waals surface area contributed by atoms with E-state index in [9.17, 15) is 81.3 Å². The number of aliphatic hydroxyl groups excluding tert-OH is 2. The van der Waals surface area contributed by atoms with E-state index in [1.165, 1.54) is 13.8 Å². The summed E-state index contributed by atoms with van der Waals surface area (Å²) < 4.78 is 189. The Balaban J connectivity index is 0.000000317. The quantitative estimate of drug-likeness (QED) is 0.169. The van der Waals surface area contributed by atoms with Crippen LogP contribution in [-0.2, 0) is 30.6 Å². The van der Waals surface area contributed by atoms with Crippen LogP contribution in [-0.4, -0.2) is 57.8 Å². The number of ketones is 2. The van der Waals surface area contributed by atoms with Gasteiger partial charge < -0.3 is 10.2 Å². The van der Waals surface area contributed by atoms with E-state index in [1.54, 1.807) is 27.7 Å². The molecule has 4 fully saturated rings. The Morgan fingerprint density at radius 3 is 0.958 bits per heavy atom. The van der Waals surface area contributed by atoms with Crippen molar-refractivity contribution in [3.63, 3.8) is 0 Å². The van der Waals surface area contributed by atoms with E-state index in [4.69, 9.17) is 3.67 Å². The molecule has 2 N–H and O–H groups in total. The second-order valence-electron chi connectivity index (χ2n) is 13.8. The summed E-state index contributed by atoms with van der Waals surface area (Å²) in [5.74, 6) is -33.7. The van der Waals surface area contributed by atoms with E-state index in [2.05, 4.69) is 0 Å². The van der Waals surface area contributed by atoms with Gasteiger partial charge in [-0.2, -0.15) is 61.5 Å². The minimum absolute atomic E-state index is 0.155. The molecule has 0 amide bonds. The third kappa shape index (κ3) is 5.24. The first-order valence-corrected chi connectivity index (χ1v) is 14.4. The molecule has 0 aromatic rings. The first-order chi connectivity index (χ1) is 21.1. The molecule has 4 aliphatic rings. The molecule has 48 heavy (non-hydrogen) atoms. The molecule has 0 saturated heterocycles. The molecule has 0 aromatic heterocycles. The molecule has 4 atom stereocenters. The van der Waals surface area contributed by atoms with Crippen LogP contribution in [0.5, 0.6) is 0 Å². The summed E-state index contributed by atoms with van der Waals surface area (Å²) in [5.41, 5.74) is -6.20. The van der Waals surface area contributed by atoms with E-state index in [0.29, 0.717) is 12.8 Å². The van der Waals surface area contributed by atoms with Gasteiger partial charge in [0.05, 0.1) is 0 Å². The van der Waals surface area contributed by atoms with Crippen LogP contribution in [0.3, 0.4) is 0 Å². The second-order valence-corrected chi connectivity index (χ2v) is 13.8. The molecule has 4 bridgehead atoms. The average Bonchev–Trinajstić information content (AvgIpc) is 3.43. The average molecular weight is 763 g/mol. The van der Waals surface area contributed by atoms with E-state index < -0.39 is 104 Å². The van der Waals surface area contributed by atoms with Crippen molar-refractivity contribution in [2.75, 3.05) is 0 Å². The summed E-state index contributed by atoms with van der Waals surface area (Å²) in [7, 11) is 0. The molecule has 0 aromatic carbocycles. The fraction of sp³-hybridized carbons (Fsp3) is 0.786. The van der Waals surface area contributed by atoms with Gasteiger partial charge in [-0.05, 0) is 48.3 Å². The molecule has 20 heteroatoms. The van der Waals surface area contributed by atoms with Crippen molar-refractivity contribution < 1.29 is 102 Å². The molecule has 4 saturated carbocycles. The number of carbonyl (C=O) groups excluding carboxylic acids is 2. The predicted molar refractivity (Wildman–Crippen MR) is 131 cm³/mol. The minimum atomic E-state index is -6.56. The third-order valence-corrected chi connectivity index (χ3v) is 11.2. The van der Waals surface area contributed by atoms with Crippen LogP contribution in [0, 0.1) is 33.5 Å². The molecular weight excluding hydrogens is 733 g/mol. The number of Topliss-reactive ketones (excluding diaryl/α,β-unsaturated/α-hetero) is 2. The molecule has 4 unspecified atom stereocenters. The van der Waals surface area contributed by atoms with Crippen LogP contribution in [0.4, 0.5) is 61.5 Å². The summed E-state index contributed by atoms with van der Waals surface area (Å²) >= 11 is 1.06. The molecule has 5 nitrogen and oxygen atoms in total. The summed E-state index contributed by atoms with van der Waals surface area (Å²) in [4.78, 5) is 24.6. The van der Waals surface area contributed by atoms with Gasteiger partial charge in [0.2, 0.25) is 0 Å². The van der Waals surface area contributed by atoms with Crippen LogP contribution >= 0.6 is 0 Å². The Morgan fingerprint density at radius 1 is 0.562 bits per heavy atom. The van der Waals surface area contributed by atoms with Gasteiger partial charge in [0, 0.05) is 22.0 Å². The molecular formula is C28H30F14O5V. The standard InChI is InChI=1S/2C14H15F7O2.O.V/c2*1-10(2)6-4-5-11(10,3)8(22)7(6)9(23)12(15,16)13(17,18)14(19,20)21;;/h2*6,23H,4-5H2,1-3H3;;/b2*9-7+;;. The predicted octanol–water partition coefficient (Wildman–Crippen LogP) is 9.19. The molecule has 0 heterocycles. The molecule has 4 rings (SSSR count). The number of hydrogen-bond donors (Lipinski definition) is 2. The van der Waals surface area contributed by atoms with Gasteiger partial charge in [0.15, 0.2) is 23.1 Å². The summed E-state index contributed by atoms with van der Waals surface area (Å²) in [6.07, 6.45) is -12.2. The molecule has 0 spiro atoms. The van der Waals surface area contributed by atoms with Crippen LogP contribution in [0.15, 0.2) is 22.7 Å². The Labute approximate surface area is 273 Å². The number of allylic oxidation sites excluding steroid dienone is 4. The normalized spacial score (nSPS) is 32.0. The number of rotatable bonds is 4. The fourth-order valence-electron chi connectivity index (χ4n) is 7.27. The maximum absolute atomic E-state index is 13.7. The summed E-state index contributed by atoms with van der Waals surface area (Å²) in [5, 5.41) is 19.1. The molecule has 0 radical (unpaired) electrons. The van der Waals surface area contributed by atoms with Crippen molar-refractivity contribution in [3.8, 4) is 0 Å². The Kier molecular flexibility index (Phi) is 10.2. The van der Waals surface area contributed by atoms with Crippen molar-refractivity contribution in [3.05, 3.63) is 22.7 Å². The van der Waals surface area contributed by atoms with Crippen molar-refractivity contribution in [1.29, 1.82) is 0 Å². The van der Waals surface area contributed by atoms with E-state index in [-0.39, 0.29) is 12.8 Å². The number of fused-ring (bicyclic) bond motifs is 4. The van der Waals surface area contributed by atoms with Crippen LogP contribution < -0.4 is 0 Å². The van der Waals surface area contributed by atoms with Crippen molar-refractivity contribution >= 4 is 11.6 Å². The topological polar surface area (TPSA) is 91.7 Å². The molecule has 0 aliphatic heterocycles. The zero-order valence-electron chi connectivity index (χ0n) is 25.8. The number of carbonyl (C=O) groups is 2. The first-order valence-electron chi connectivity index (χ1n) is 13.9. The number of hydrogen-bond acceptors (Lipinski definition) is 5. The van der Waals surface area contributed by atoms with Gasteiger partial charge >= 0.3 is 57.1 Å². The zero-order chi connectivity index (χ0) is 38.4. The zero-order valence-corrected chi connectivity index (χ0v) is 27.2. The number of aliphatic hydroxyl groups is 2. The fourth-order valence-corrected chi connectivity index (χ4v) is 7.27. The van der Waals surface area contributed by atoms with E-state index in [0.717, 1.165) is 17.4 Å². The number of halogens is 14. The van der Waals surface area contributed by atoms with Gasteiger partial charge in [-0.25, -0.2) is 0 Å². The Bertz CT molecular complexity index is 1310. The third-order valence-electron chi connectivity index (χ3n) is 11.2. The second kappa shape index (κ2) is 11.7. The van der Waals surface area contributed by atoms with Crippen molar-refractivity contribution in [1.82, 2.24) is 0 Å². The maximum atomic E-state index is 13.7. The SMILES string of the molecule is CC12CCC(/C(=C(\O)C(F)(F)C(F)(F)C(F)(F)F)C1=O)C2(C)C.CC12CCC(/C(=C(\O)C(F)(F)C(F)(F)C(F)(F)F)C1=O)C2(C)C.[O]=[V]. The van der Waals surface area contributed by atoms with E-state index >= 15 is 0 Å².